The monoisotopic (exact) mass is 664 g/mol. The molecule has 0 aromatic heterocycles. The van der Waals surface area contributed by atoms with E-state index in [-0.39, 0.29) is 48.8 Å². The number of carbonyl (C=O) groups is 2. The Labute approximate surface area is 277 Å². The minimum atomic E-state index is -1.67. The van der Waals surface area contributed by atoms with Crippen molar-refractivity contribution in [1.82, 2.24) is 0 Å². The smallest absolute Gasteiger partial charge is 0.187 e. The van der Waals surface area contributed by atoms with Gasteiger partial charge in [-0.25, -0.2) is 0 Å². The van der Waals surface area contributed by atoms with E-state index in [1.165, 1.54) is 0 Å². The number of ether oxygens (including phenoxy) is 2. The van der Waals surface area contributed by atoms with Crippen LogP contribution in [0.5, 0.6) is 0 Å². The van der Waals surface area contributed by atoms with E-state index in [1.807, 2.05) is 46.8 Å². The summed E-state index contributed by atoms with van der Waals surface area (Å²) < 4.78 is 11.7. The summed E-state index contributed by atoms with van der Waals surface area (Å²) in [6.45, 7) is 12.6. The van der Waals surface area contributed by atoms with E-state index in [9.17, 15) is 45.3 Å². The predicted octanol–water partition coefficient (Wildman–Crippen LogP) is 1.43. The number of carbonyl (C=O) groups excluding carboxylic acids is 2. The average molecular weight is 665 g/mol. The van der Waals surface area contributed by atoms with Gasteiger partial charge < -0.3 is 45.2 Å². The Bertz CT molecular complexity index is 1290. The highest BCUT2D eigenvalue weighted by atomic mass is 16.7. The molecule has 0 amide bonds. The quantitative estimate of drug-likeness (QED) is 0.186. The largest absolute Gasteiger partial charge is 0.394 e. The van der Waals surface area contributed by atoms with Gasteiger partial charge in [0.15, 0.2) is 12.1 Å². The number of ketones is 2. The fourth-order valence-electron chi connectivity index (χ4n) is 10.7. The van der Waals surface area contributed by atoms with E-state index in [0.717, 1.165) is 5.57 Å². The van der Waals surface area contributed by atoms with Crippen molar-refractivity contribution in [2.75, 3.05) is 13.2 Å². The maximum Gasteiger partial charge on any atom is 0.187 e. The third-order valence-electron chi connectivity index (χ3n) is 13.6. The number of allylic oxidation sites excluding steroid dienone is 3. The van der Waals surface area contributed by atoms with Crippen LogP contribution in [0.15, 0.2) is 23.8 Å². The van der Waals surface area contributed by atoms with Gasteiger partial charge in [0.25, 0.3) is 0 Å². The SMILES string of the molecule is CC(=CCCC(C)(O)C1C(O)CC2(C)C3C=CC4C(CC(OC5OC(CO)C(O)C(O)C5O)C(=O)C4(C)C)C3(C)C(=O)CC12C)CO. The van der Waals surface area contributed by atoms with Crippen LogP contribution in [0, 0.1) is 45.3 Å². The molecule has 5 aliphatic rings. The highest BCUT2D eigenvalue weighted by molar-refractivity contribution is 5.92. The molecule has 3 saturated carbocycles. The van der Waals surface area contributed by atoms with Gasteiger partial charge in [-0.1, -0.05) is 58.4 Å². The van der Waals surface area contributed by atoms with Crippen LogP contribution in [-0.2, 0) is 19.1 Å². The van der Waals surface area contributed by atoms with Crippen LogP contribution >= 0.6 is 0 Å². The minimum Gasteiger partial charge on any atom is -0.394 e. The summed E-state index contributed by atoms with van der Waals surface area (Å²) >= 11 is 0. The van der Waals surface area contributed by atoms with Crippen LogP contribution in [0.4, 0.5) is 0 Å². The van der Waals surface area contributed by atoms with Crippen LogP contribution in [0.1, 0.15) is 80.6 Å². The number of aliphatic hydroxyl groups excluding tert-OH is 6. The lowest BCUT2D eigenvalue weighted by Crippen LogP contribution is -2.66. The average Bonchev–Trinajstić information content (AvgIpc) is 3.20. The summed E-state index contributed by atoms with van der Waals surface area (Å²) in [4.78, 5) is 28.7. The zero-order chi connectivity index (χ0) is 35.1. The number of aliphatic hydroxyl groups is 7. The lowest BCUT2D eigenvalue weighted by atomic mass is 9.38. The number of Topliss-reactive ketones (excluding diaryl/α,β-unsaturated/α-hetero) is 2. The van der Waals surface area contributed by atoms with Crippen molar-refractivity contribution >= 4 is 11.6 Å². The second-order valence-corrected chi connectivity index (χ2v) is 16.7. The van der Waals surface area contributed by atoms with E-state index in [1.54, 1.807) is 6.92 Å². The first-order chi connectivity index (χ1) is 21.7. The molecule has 15 atom stereocenters. The van der Waals surface area contributed by atoms with E-state index in [2.05, 4.69) is 13.0 Å². The van der Waals surface area contributed by atoms with Crippen LogP contribution < -0.4 is 0 Å². The molecule has 11 nitrogen and oxygen atoms in total. The fraction of sp³-hybridized carbons (Fsp3) is 0.833. The summed E-state index contributed by atoms with van der Waals surface area (Å²) in [7, 11) is 0. The third-order valence-corrected chi connectivity index (χ3v) is 13.6. The van der Waals surface area contributed by atoms with Gasteiger partial charge in [-0.15, -0.1) is 0 Å². The van der Waals surface area contributed by atoms with Crippen LogP contribution in [-0.4, -0.2) is 109 Å². The first kappa shape index (κ1) is 36.7. The third kappa shape index (κ3) is 5.43. The molecule has 266 valence electrons. The van der Waals surface area contributed by atoms with Crippen molar-refractivity contribution < 1.29 is 54.8 Å². The van der Waals surface area contributed by atoms with Crippen LogP contribution in [0.3, 0.4) is 0 Å². The Morgan fingerprint density at radius 3 is 2.30 bits per heavy atom. The second-order valence-electron chi connectivity index (χ2n) is 16.7. The van der Waals surface area contributed by atoms with Gasteiger partial charge in [0.1, 0.15) is 36.3 Å². The lowest BCUT2D eigenvalue weighted by Gasteiger charge is -2.65. The Morgan fingerprint density at radius 1 is 1.02 bits per heavy atom. The summed E-state index contributed by atoms with van der Waals surface area (Å²) in [5, 5.41) is 73.9. The molecule has 0 aromatic rings. The van der Waals surface area contributed by atoms with Crippen molar-refractivity contribution in [1.29, 1.82) is 0 Å². The normalized spacial score (nSPS) is 49.2. The molecule has 1 saturated heterocycles. The molecule has 5 rings (SSSR count). The van der Waals surface area contributed by atoms with Crippen LogP contribution in [0.2, 0.25) is 0 Å². The predicted molar refractivity (Wildman–Crippen MR) is 170 cm³/mol. The van der Waals surface area contributed by atoms with Gasteiger partial charge in [-0.05, 0) is 68.1 Å². The zero-order valence-corrected chi connectivity index (χ0v) is 28.8. The van der Waals surface area contributed by atoms with Gasteiger partial charge in [0.05, 0.1) is 24.9 Å². The second kappa shape index (κ2) is 12.3. The molecule has 0 spiro atoms. The Hall–Kier alpha value is -1.54. The van der Waals surface area contributed by atoms with Crippen molar-refractivity contribution in [2.45, 2.75) is 129 Å². The van der Waals surface area contributed by atoms with Gasteiger partial charge in [0, 0.05) is 23.2 Å². The van der Waals surface area contributed by atoms with Gasteiger partial charge in [-0.2, -0.15) is 0 Å². The Morgan fingerprint density at radius 2 is 1.68 bits per heavy atom. The maximum atomic E-state index is 14.7. The zero-order valence-electron chi connectivity index (χ0n) is 28.8. The molecular formula is C36H56O11. The standard InChI is InChI=1S/C36H56O11/c1-18(16-37)9-8-12-35(6,45)29-21(39)14-33(4)24-11-10-19-20(36(24,7)25(40)15-34(29,33)5)13-22(30(44)32(19,2)3)46-31-28(43)27(42)26(41)23(17-38)47-31/h9-11,19-24,26-29,31,37-39,41-43,45H,8,12-17H2,1-7H3. The molecule has 1 heterocycles. The molecule has 47 heavy (non-hydrogen) atoms. The maximum absolute atomic E-state index is 14.7. The van der Waals surface area contributed by atoms with E-state index in [0.29, 0.717) is 19.3 Å². The van der Waals surface area contributed by atoms with Crippen LogP contribution in [0.25, 0.3) is 0 Å². The number of hydrogen-bond acceptors (Lipinski definition) is 11. The number of hydrogen-bond donors (Lipinski definition) is 7. The summed E-state index contributed by atoms with van der Waals surface area (Å²) in [6.07, 6.45) is -1.94. The molecule has 1 aliphatic heterocycles. The van der Waals surface area contributed by atoms with Crippen molar-refractivity contribution in [3.63, 3.8) is 0 Å². The van der Waals surface area contributed by atoms with E-state index < -0.39 is 82.7 Å². The first-order valence-electron chi connectivity index (χ1n) is 17.1. The first-order valence-corrected chi connectivity index (χ1v) is 17.1. The molecule has 4 aliphatic carbocycles. The number of fused-ring (bicyclic) bond motifs is 5. The molecule has 15 unspecified atom stereocenters. The van der Waals surface area contributed by atoms with Gasteiger partial charge in [0.2, 0.25) is 0 Å². The van der Waals surface area contributed by atoms with Crippen molar-refractivity contribution in [3.8, 4) is 0 Å². The molecule has 11 heteroatoms. The van der Waals surface area contributed by atoms with Gasteiger partial charge >= 0.3 is 0 Å². The molecule has 4 fully saturated rings. The van der Waals surface area contributed by atoms with Gasteiger partial charge in [-0.3, -0.25) is 9.59 Å². The van der Waals surface area contributed by atoms with E-state index >= 15 is 0 Å². The minimum absolute atomic E-state index is 0.00415. The van der Waals surface area contributed by atoms with Crippen molar-refractivity contribution in [3.05, 3.63) is 23.8 Å². The van der Waals surface area contributed by atoms with E-state index in [4.69, 9.17) is 9.47 Å². The Balaban J connectivity index is 1.48. The summed E-state index contributed by atoms with van der Waals surface area (Å²) in [5.41, 5.74) is -3.70. The summed E-state index contributed by atoms with van der Waals surface area (Å²) in [5.74, 6) is -1.77. The molecule has 7 N–H and O–H groups in total. The summed E-state index contributed by atoms with van der Waals surface area (Å²) in [6, 6.07) is 0. The highest BCUT2D eigenvalue weighted by Gasteiger charge is 2.74. The lowest BCUT2D eigenvalue weighted by molar-refractivity contribution is -0.312. The fourth-order valence-corrected chi connectivity index (χ4v) is 10.7. The molecule has 0 bridgehead atoms. The molecule has 0 radical (unpaired) electrons. The molecular weight excluding hydrogens is 608 g/mol. The topological polar surface area (TPSA) is 194 Å². The number of rotatable bonds is 8. The highest BCUT2D eigenvalue weighted by Crippen LogP contribution is 2.74. The molecule has 0 aromatic carbocycles. The van der Waals surface area contributed by atoms with Crippen molar-refractivity contribution in [2.24, 2.45) is 45.3 Å². The Kier molecular flexibility index (Phi) is 9.65.